The summed E-state index contributed by atoms with van der Waals surface area (Å²) in [6.07, 6.45) is 0. The molecule has 3 N–H and O–H groups in total. The predicted molar refractivity (Wildman–Crippen MR) is 82.4 cm³/mol. The summed E-state index contributed by atoms with van der Waals surface area (Å²) < 4.78 is 0.781. The number of hydrogen-bond acceptors (Lipinski definition) is 3. The van der Waals surface area contributed by atoms with Gasteiger partial charge in [0.1, 0.15) is 6.07 Å². The van der Waals surface area contributed by atoms with Gasteiger partial charge < -0.3 is 11.1 Å². The Balaban J connectivity index is 2.35. The van der Waals surface area contributed by atoms with Crippen molar-refractivity contribution in [3.63, 3.8) is 0 Å². The number of nitriles is 1. The summed E-state index contributed by atoms with van der Waals surface area (Å²) in [7, 11) is 0. The summed E-state index contributed by atoms with van der Waals surface area (Å²) >= 11 is 3.31. The third-order valence-corrected chi connectivity index (χ3v) is 3.41. The monoisotopic (exact) mass is 329 g/mol. The highest BCUT2D eigenvalue weighted by Gasteiger charge is 2.13. The van der Waals surface area contributed by atoms with Crippen LogP contribution in [0.15, 0.2) is 40.9 Å². The van der Waals surface area contributed by atoms with Crippen molar-refractivity contribution in [2.75, 3.05) is 11.1 Å². The maximum atomic E-state index is 12.3. The molecular weight excluding hydrogens is 318 g/mol. The minimum Gasteiger partial charge on any atom is -0.398 e. The molecule has 2 aromatic carbocycles. The van der Waals surface area contributed by atoms with Crippen molar-refractivity contribution < 1.29 is 4.79 Å². The lowest BCUT2D eigenvalue weighted by molar-refractivity contribution is 0.102. The number of benzene rings is 2. The molecule has 20 heavy (non-hydrogen) atoms. The van der Waals surface area contributed by atoms with E-state index in [4.69, 9.17) is 11.0 Å². The Bertz CT molecular complexity index is 720. The first-order valence-electron chi connectivity index (χ1n) is 5.89. The number of halogens is 1. The molecule has 0 unspecified atom stereocenters. The van der Waals surface area contributed by atoms with Gasteiger partial charge in [0.2, 0.25) is 0 Å². The standard InChI is InChI=1S/C15H12BrN3O/c1-9-3-2-4-12(14(9)18)15(20)19-13-7-11(16)6-5-10(13)8-17/h2-7H,18H2,1H3,(H,19,20). The van der Waals surface area contributed by atoms with E-state index in [2.05, 4.69) is 21.2 Å². The van der Waals surface area contributed by atoms with Gasteiger partial charge in [-0.2, -0.15) is 5.26 Å². The van der Waals surface area contributed by atoms with Gasteiger partial charge in [0, 0.05) is 10.2 Å². The number of carbonyl (C=O) groups excluding carboxylic acids is 1. The van der Waals surface area contributed by atoms with E-state index in [1.54, 1.807) is 30.3 Å². The van der Waals surface area contributed by atoms with Crippen LogP contribution in [0.2, 0.25) is 0 Å². The van der Waals surface area contributed by atoms with Crippen LogP contribution in [-0.2, 0) is 0 Å². The van der Waals surface area contributed by atoms with Gasteiger partial charge in [-0.1, -0.05) is 28.1 Å². The van der Waals surface area contributed by atoms with E-state index in [1.807, 2.05) is 19.1 Å². The van der Waals surface area contributed by atoms with E-state index < -0.39 is 0 Å². The molecule has 0 aliphatic rings. The highest BCUT2D eigenvalue weighted by Crippen LogP contribution is 2.23. The smallest absolute Gasteiger partial charge is 0.257 e. The number of anilines is 2. The van der Waals surface area contributed by atoms with Crippen LogP contribution < -0.4 is 11.1 Å². The van der Waals surface area contributed by atoms with Crippen LogP contribution in [0, 0.1) is 18.3 Å². The fourth-order valence-corrected chi connectivity index (χ4v) is 2.15. The topological polar surface area (TPSA) is 78.9 Å². The molecule has 0 aromatic heterocycles. The average Bonchev–Trinajstić information content (AvgIpc) is 2.42. The first-order valence-corrected chi connectivity index (χ1v) is 6.68. The number of nitrogen functional groups attached to an aromatic ring is 1. The molecule has 0 saturated carbocycles. The number of amides is 1. The van der Waals surface area contributed by atoms with Gasteiger partial charge >= 0.3 is 0 Å². The zero-order valence-electron chi connectivity index (χ0n) is 10.8. The third kappa shape index (κ3) is 2.81. The van der Waals surface area contributed by atoms with Crippen molar-refractivity contribution in [2.24, 2.45) is 0 Å². The molecule has 0 atom stereocenters. The zero-order valence-corrected chi connectivity index (χ0v) is 12.4. The van der Waals surface area contributed by atoms with Crippen molar-refractivity contribution in [3.8, 4) is 6.07 Å². The van der Waals surface area contributed by atoms with Crippen LogP contribution in [0.4, 0.5) is 11.4 Å². The Morgan fingerprint density at radius 2 is 2.10 bits per heavy atom. The third-order valence-electron chi connectivity index (χ3n) is 2.92. The molecule has 0 radical (unpaired) electrons. The van der Waals surface area contributed by atoms with Crippen LogP contribution in [0.25, 0.3) is 0 Å². The largest absolute Gasteiger partial charge is 0.398 e. The highest BCUT2D eigenvalue weighted by atomic mass is 79.9. The van der Waals surface area contributed by atoms with E-state index in [-0.39, 0.29) is 5.91 Å². The first kappa shape index (κ1) is 14.1. The van der Waals surface area contributed by atoms with E-state index in [0.717, 1.165) is 10.0 Å². The molecule has 0 fully saturated rings. The number of para-hydroxylation sites is 1. The molecule has 4 nitrogen and oxygen atoms in total. The predicted octanol–water partition coefficient (Wildman–Crippen LogP) is 3.46. The van der Waals surface area contributed by atoms with Crippen molar-refractivity contribution in [1.29, 1.82) is 5.26 Å². The number of nitrogens with two attached hydrogens (primary N) is 1. The SMILES string of the molecule is Cc1cccc(C(=O)Nc2cc(Br)ccc2C#N)c1N. The Morgan fingerprint density at radius 3 is 2.80 bits per heavy atom. The summed E-state index contributed by atoms with van der Waals surface area (Å²) in [5, 5.41) is 11.8. The van der Waals surface area contributed by atoms with Gasteiger partial charge in [0.15, 0.2) is 0 Å². The molecule has 0 heterocycles. The molecule has 1 amide bonds. The Labute approximate surface area is 125 Å². The summed E-state index contributed by atoms with van der Waals surface area (Å²) in [5.41, 5.74) is 8.43. The number of nitrogens with one attached hydrogen (secondary N) is 1. The van der Waals surface area contributed by atoms with Crippen LogP contribution in [0.1, 0.15) is 21.5 Å². The van der Waals surface area contributed by atoms with Crippen LogP contribution >= 0.6 is 15.9 Å². The lowest BCUT2D eigenvalue weighted by Crippen LogP contribution is -2.15. The van der Waals surface area contributed by atoms with Gasteiger partial charge in [0.25, 0.3) is 5.91 Å². The quantitative estimate of drug-likeness (QED) is 0.828. The van der Waals surface area contributed by atoms with Crippen LogP contribution in [0.5, 0.6) is 0 Å². The van der Waals surface area contributed by atoms with E-state index in [9.17, 15) is 4.79 Å². The summed E-state index contributed by atoms with van der Waals surface area (Å²) in [6, 6.07) is 12.4. The maximum absolute atomic E-state index is 12.3. The average molecular weight is 330 g/mol. The minimum absolute atomic E-state index is 0.333. The number of nitrogens with zero attached hydrogens (tertiary/aromatic N) is 1. The van der Waals surface area contributed by atoms with Crippen LogP contribution in [0.3, 0.4) is 0 Å². The molecule has 0 saturated heterocycles. The highest BCUT2D eigenvalue weighted by molar-refractivity contribution is 9.10. The first-order chi connectivity index (χ1) is 9.52. The fraction of sp³-hybridized carbons (Fsp3) is 0.0667. The van der Waals surface area contributed by atoms with Gasteiger partial charge in [-0.15, -0.1) is 0 Å². The molecule has 5 heteroatoms. The van der Waals surface area contributed by atoms with Gasteiger partial charge in [-0.3, -0.25) is 4.79 Å². The molecule has 0 aliphatic heterocycles. The molecule has 2 rings (SSSR count). The van der Waals surface area contributed by atoms with Crippen LogP contribution in [-0.4, -0.2) is 5.91 Å². The Hall–Kier alpha value is -2.32. The lowest BCUT2D eigenvalue weighted by Gasteiger charge is -2.10. The normalized spacial score (nSPS) is 9.85. The number of aryl methyl sites for hydroxylation is 1. The van der Waals surface area contributed by atoms with E-state index in [0.29, 0.717) is 22.5 Å². The van der Waals surface area contributed by atoms with Gasteiger partial charge in [-0.25, -0.2) is 0 Å². The minimum atomic E-state index is -0.333. The van der Waals surface area contributed by atoms with Crippen molar-refractivity contribution in [1.82, 2.24) is 0 Å². The Morgan fingerprint density at radius 1 is 1.35 bits per heavy atom. The second-order valence-corrected chi connectivity index (χ2v) is 5.21. The zero-order chi connectivity index (χ0) is 14.7. The molecule has 100 valence electrons. The summed E-state index contributed by atoms with van der Waals surface area (Å²) in [5.74, 6) is -0.333. The van der Waals surface area contributed by atoms with Gasteiger partial charge in [-0.05, 0) is 36.8 Å². The number of hydrogen-bond donors (Lipinski definition) is 2. The maximum Gasteiger partial charge on any atom is 0.257 e. The van der Waals surface area contributed by atoms with E-state index >= 15 is 0 Å². The van der Waals surface area contributed by atoms with Gasteiger partial charge in [0.05, 0.1) is 16.8 Å². The van der Waals surface area contributed by atoms with Crippen molar-refractivity contribution in [2.45, 2.75) is 6.92 Å². The molecule has 2 aromatic rings. The number of rotatable bonds is 2. The lowest BCUT2D eigenvalue weighted by atomic mass is 10.1. The van der Waals surface area contributed by atoms with E-state index in [1.165, 1.54) is 0 Å². The van der Waals surface area contributed by atoms with Crippen molar-refractivity contribution >= 4 is 33.2 Å². The number of carbonyl (C=O) groups is 1. The molecular formula is C15H12BrN3O. The molecule has 0 bridgehead atoms. The molecule has 0 aliphatic carbocycles. The van der Waals surface area contributed by atoms with Crippen molar-refractivity contribution in [3.05, 3.63) is 57.6 Å². The fourth-order valence-electron chi connectivity index (χ4n) is 1.79. The summed E-state index contributed by atoms with van der Waals surface area (Å²) in [4.78, 5) is 12.3. The Kier molecular flexibility index (Phi) is 4.06. The summed E-state index contributed by atoms with van der Waals surface area (Å²) in [6.45, 7) is 1.84. The molecule has 0 spiro atoms. The second kappa shape index (κ2) is 5.76. The second-order valence-electron chi connectivity index (χ2n) is 4.29.